The summed E-state index contributed by atoms with van der Waals surface area (Å²) in [6, 6.07) is 3.68. The standard InChI is InChI=1S/C16H22N4O/c1-12-9-18-14-8-13(4-7-20(12)14)15(21)19-11-16(2)5-3-6-17-10-16/h4,7-9,17H,3,5-6,10-11H2,1-2H3,(H,19,21). The number of nitrogens with zero attached hydrogens (tertiary/aromatic N) is 2. The van der Waals surface area contributed by atoms with Crippen molar-refractivity contribution < 1.29 is 4.79 Å². The SMILES string of the molecule is Cc1cnc2cc(C(=O)NCC3(C)CCCNC3)ccn12. The van der Waals surface area contributed by atoms with Gasteiger partial charge in [0, 0.05) is 36.7 Å². The number of piperidine rings is 1. The van der Waals surface area contributed by atoms with Crippen molar-refractivity contribution in [2.45, 2.75) is 26.7 Å². The number of pyridine rings is 1. The summed E-state index contributed by atoms with van der Waals surface area (Å²) in [5.74, 6) is -0.0232. The fourth-order valence-corrected chi connectivity index (χ4v) is 2.91. The number of aromatic nitrogens is 2. The Morgan fingerprint density at radius 3 is 3.19 bits per heavy atom. The molecule has 0 radical (unpaired) electrons. The maximum absolute atomic E-state index is 12.3. The molecule has 0 spiro atoms. The predicted octanol–water partition coefficient (Wildman–Crippen LogP) is 1.76. The lowest BCUT2D eigenvalue weighted by molar-refractivity contribution is 0.0924. The van der Waals surface area contributed by atoms with Gasteiger partial charge in [-0.2, -0.15) is 0 Å². The molecular weight excluding hydrogens is 264 g/mol. The molecule has 1 aliphatic heterocycles. The van der Waals surface area contributed by atoms with Crippen molar-refractivity contribution in [1.82, 2.24) is 20.0 Å². The Morgan fingerprint density at radius 1 is 1.57 bits per heavy atom. The molecule has 1 aliphatic rings. The van der Waals surface area contributed by atoms with Gasteiger partial charge in [-0.05, 0) is 43.9 Å². The summed E-state index contributed by atoms with van der Waals surface area (Å²) in [5.41, 5.74) is 2.70. The lowest BCUT2D eigenvalue weighted by atomic mass is 9.83. The summed E-state index contributed by atoms with van der Waals surface area (Å²) in [7, 11) is 0. The van der Waals surface area contributed by atoms with Crippen molar-refractivity contribution in [1.29, 1.82) is 0 Å². The van der Waals surface area contributed by atoms with Gasteiger partial charge in [0.25, 0.3) is 5.91 Å². The Labute approximate surface area is 124 Å². The number of rotatable bonds is 3. The molecule has 3 rings (SSSR count). The highest BCUT2D eigenvalue weighted by molar-refractivity contribution is 5.95. The molecule has 5 heteroatoms. The number of hydrogen-bond acceptors (Lipinski definition) is 3. The lowest BCUT2D eigenvalue weighted by Crippen LogP contribution is -2.45. The molecule has 1 fully saturated rings. The van der Waals surface area contributed by atoms with Crippen molar-refractivity contribution >= 4 is 11.6 Å². The van der Waals surface area contributed by atoms with Gasteiger partial charge in [-0.25, -0.2) is 4.98 Å². The minimum atomic E-state index is -0.0232. The smallest absolute Gasteiger partial charge is 0.251 e. The van der Waals surface area contributed by atoms with Crippen LogP contribution in [-0.2, 0) is 0 Å². The highest BCUT2D eigenvalue weighted by Gasteiger charge is 2.27. The Balaban J connectivity index is 1.69. The number of carbonyl (C=O) groups is 1. The van der Waals surface area contributed by atoms with Gasteiger partial charge in [-0.15, -0.1) is 0 Å². The first-order chi connectivity index (χ1) is 10.1. The van der Waals surface area contributed by atoms with Gasteiger partial charge in [-0.1, -0.05) is 6.92 Å². The van der Waals surface area contributed by atoms with Crippen LogP contribution in [-0.4, -0.2) is 34.9 Å². The number of hydrogen-bond donors (Lipinski definition) is 2. The zero-order chi connectivity index (χ0) is 14.9. The molecule has 0 saturated carbocycles. The van der Waals surface area contributed by atoms with Crippen LogP contribution >= 0.6 is 0 Å². The zero-order valence-electron chi connectivity index (χ0n) is 12.6. The van der Waals surface area contributed by atoms with E-state index in [0.717, 1.165) is 30.9 Å². The third-order valence-corrected chi connectivity index (χ3v) is 4.32. The number of carbonyl (C=O) groups excluding carboxylic acids is 1. The van der Waals surface area contributed by atoms with E-state index in [4.69, 9.17) is 0 Å². The highest BCUT2D eigenvalue weighted by atomic mass is 16.1. The van der Waals surface area contributed by atoms with E-state index in [1.165, 1.54) is 6.42 Å². The van der Waals surface area contributed by atoms with E-state index in [0.29, 0.717) is 12.1 Å². The van der Waals surface area contributed by atoms with Gasteiger partial charge >= 0.3 is 0 Å². The largest absolute Gasteiger partial charge is 0.351 e. The van der Waals surface area contributed by atoms with E-state index in [9.17, 15) is 4.79 Å². The summed E-state index contributed by atoms with van der Waals surface area (Å²) >= 11 is 0. The maximum Gasteiger partial charge on any atom is 0.251 e. The van der Waals surface area contributed by atoms with Gasteiger partial charge in [0.05, 0.1) is 0 Å². The summed E-state index contributed by atoms with van der Waals surface area (Å²) in [6.45, 7) is 6.97. The molecule has 0 aromatic carbocycles. The molecule has 1 atom stereocenters. The first-order valence-electron chi connectivity index (χ1n) is 7.50. The number of fused-ring (bicyclic) bond motifs is 1. The Morgan fingerprint density at radius 2 is 2.43 bits per heavy atom. The van der Waals surface area contributed by atoms with E-state index < -0.39 is 0 Å². The van der Waals surface area contributed by atoms with Crippen LogP contribution in [0.4, 0.5) is 0 Å². The molecule has 5 nitrogen and oxygen atoms in total. The Hall–Kier alpha value is -1.88. The summed E-state index contributed by atoms with van der Waals surface area (Å²) in [6.07, 6.45) is 6.03. The third-order valence-electron chi connectivity index (χ3n) is 4.32. The lowest BCUT2D eigenvalue weighted by Gasteiger charge is -2.34. The van der Waals surface area contributed by atoms with Gasteiger partial charge < -0.3 is 15.0 Å². The van der Waals surface area contributed by atoms with E-state index in [2.05, 4.69) is 22.5 Å². The summed E-state index contributed by atoms with van der Waals surface area (Å²) < 4.78 is 1.98. The first kappa shape index (κ1) is 14.1. The van der Waals surface area contributed by atoms with Crippen LogP contribution in [0.1, 0.15) is 35.8 Å². The van der Waals surface area contributed by atoms with Crippen LogP contribution in [0.15, 0.2) is 24.5 Å². The van der Waals surface area contributed by atoms with Crippen molar-refractivity contribution in [3.63, 3.8) is 0 Å². The molecule has 112 valence electrons. The van der Waals surface area contributed by atoms with E-state index >= 15 is 0 Å². The normalized spacial score (nSPS) is 22.4. The van der Waals surface area contributed by atoms with Gasteiger partial charge in [-0.3, -0.25) is 4.79 Å². The summed E-state index contributed by atoms with van der Waals surface area (Å²) in [5, 5.41) is 6.47. The Kier molecular flexibility index (Phi) is 3.68. The van der Waals surface area contributed by atoms with E-state index in [-0.39, 0.29) is 11.3 Å². The molecule has 2 aromatic rings. The second-order valence-electron chi connectivity index (χ2n) is 6.32. The molecular formula is C16H22N4O. The van der Waals surface area contributed by atoms with Gasteiger partial charge in [0.2, 0.25) is 0 Å². The topological polar surface area (TPSA) is 58.4 Å². The average Bonchev–Trinajstić information content (AvgIpc) is 2.87. The average molecular weight is 286 g/mol. The highest BCUT2D eigenvalue weighted by Crippen LogP contribution is 2.24. The minimum absolute atomic E-state index is 0.0232. The van der Waals surface area contributed by atoms with Crippen LogP contribution in [0.2, 0.25) is 0 Å². The van der Waals surface area contributed by atoms with Crippen LogP contribution < -0.4 is 10.6 Å². The molecule has 3 heterocycles. The molecule has 0 aliphatic carbocycles. The number of imidazole rings is 1. The maximum atomic E-state index is 12.3. The first-order valence-corrected chi connectivity index (χ1v) is 7.50. The van der Waals surface area contributed by atoms with E-state index in [1.807, 2.05) is 35.9 Å². The van der Waals surface area contributed by atoms with Crippen LogP contribution in [0.5, 0.6) is 0 Å². The van der Waals surface area contributed by atoms with Crippen molar-refractivity contribution in [3.05, 3.63) is 35.8 Å². The van der Waals surface area contributed by atoms with Crippen molar-refractivity contribution in [2.24, 2.45) is 5.41 Å². The van der Waals surface area contributed by atoms with Crippen LogP contribution in [0.25, 0.3) is 5.65 Å². The second-order valence-corrected chi connectivity index (χ2v) is 6.32. The van der Waals surface area contributed by atoms with Crippen LogP contribution in [0.3, 0.4) is 0 Å². The molecule has 0 bridgehead atoms. The minimum Gasteiger partial charge on any atom is -0.351 e. The van der Waals surface area contributed by atoms with Crippen molar-refractivity contribution in [2.75, 3.05) is 19.6 Å². The molecule has 1 amide bonds. The number of amides is 1. The third kappa shape index (κ3) is 2.93. The molecule has 2 aromatic heterocycles. The molecule has 1 unspecified atom stereocenters. The fourth-order valence-electron chi connectivity index (χ4n) is 2.91. The van der Waals surface area contributed by atoms with Crippen molar-refractivity contribution in [3.8, 4) is 0 Å². The molecule has 1 saturated heterocycles. The van der Waals surface area contributed by atoms with Gasteiger partial charge in [0.15, 0.2) is 0 Å². The molecule has 2 N–H and O–H groups in total. The summed E-state index contributed by atoms with van der Waals surface area (Å²) in [4.78, 5) is 16.6. The quantitative estimate of drug-likeness (QED) is 0.904. The monoisotopic (exact) mass is 286 g/mol. The molecule has 21 heavy (non-hydrogen) atoms. The Bertz CT molecular complexity index is 655. The zero-order valence-corrected chi connectivity index (χ0v) is 12.6. The second kappa shape index (κ2) is 5.48. The number of nitrogens with one attached hydrogen (secondary N) is 2. The fraction of sp³-hybridized carbons (Fsp3) is 0.500. The predicted molar refractivity (Wildman–Crippen MR) is 82.5 cm³/mol. The van der Waals surface area contributed by atoms with E-state index in [1.54, 1.807) is 0 Å². The number of aryl methyl sites for hydroxylation is 1. The van der Waals surface area contributed by atoms with Crippen LogP contribution in [0, 0.1) is 12.3 Å². The van der Waals surface area contributed by atoms with Gasteiger partial charge in [0.1, 0.15) is 5.65 Å².